The highest BCUT2D eigenvalue weighted by Gasteiger charge is 2.43. The summed E-state index contributed by atoms with van der Waals surface area (Å²) in [7, 11) is 3.75. The summed E-state index contributed by atoms with van der Waals surface area (Å²) < 4.78 is 11.3. The molecule has 0 aliphatic carbocycles. The van der Waals surface area contributed by atoms with Crippen molar-refractivity contribution < 1.29 is 14.3 Å². The maximum Gasteiger partial charge on any atom is 0.253 e. The molecule has 2 N–H and O–H groups in total. The molecule has 2 aliphatic heterocycles. The zero-order valence-electron chi connectivity index (χ0n) is 19.4. The van der Waals surface area contributed by atoms with Gasteiger partial charge in [-0.25, -0.2) is 0 Å². The minimum absolute atomic E-state index is 0.0464. The number of benzene rings is 1. The molecule has 0 atom stereocenters. The summed E-state index contributed by atoms with van der Waals surface area (Å²) in [6.45, 7) is 6.32. The third-order valence-corrected chi connectivity index (χ3v) is 6.68. The number of amides is 1. The standard InChI is InChI=1S/C24H30N6O3/c1-4-33-21-17-7-10-25-20(17)27-23(28-21)26-18-6-5-16(13-19(18)32-3)22(31)30-11-8-24(9-12-30)14-29(2)15-24/h5-7,10,13H,4,8-9,11-12,14-15H2,1-3H3,(H2,25,26,27,28). The van der Waals surface area contributed by atoms with E-state index in [9.17, 15) is 4.79 Å². The van der Waals surface area contributed by atoms with Gasteiger partial charge >= 0.3 is 0 Å². The second-order valence-electron chi connectivity index (χ2n) is 9.03. The van der Waals surface area contributed by atoms with Gasteiger partial charge in [-0.15, -0.1) is 0 Å². The number of carbonyl (C=O) groups excluding carboxylic acids is 1. The molecular weight excluding hydrogens is 420 g/mol. The number of hydrogen-bond donors (Lipinski definition) is 2. The summed E-state index contributed by atoms with van der Waals surface area (Å²) in [4.78, 5) is 29.6. The van der Waals surface area contributed by atoms with Gasteiger partial charge < -0.3 is 29.6 Å². The van der Waals surface area contributed by atoms with Crippen molar-refractivity contribution in [3.63, 3.8) is 0 Å². The third-order valence-electron chi connectivity index (χ3n) is 6.68. The summed E-state index contributed by atoms with van der Waals surface area (Å²) in [6, 6.07) is 7.33. The average Bonchev–Trinajstić information content (AvgIpc) is 3.28. The maximum absolute atomic E-state index is 13.1. The van der Waals surface area contributed by atoms with Gasteiger partial charge in [-0.2, -0.15) is 9.97 Å². The van der Waals surface area contributed by atoms with Gasteiger partial charge in [-0.05, 0) is 56.5 Å². The Morgan fingerprint density at radius 1 is 1.21 bits per heavy atom. The first-order valence-corrected chi connectivity index (χ1v) is 11.4. The molecule has 0 radical (unpaired) electrons. The lowest BCUT2D eigenvalue weighted by Gasteiger charge is -2.52. The second-order valence-corrected chi connectivity index (χ2v) is 9.03. The van der Waals surface area contributed by atoms with Crippen LogP contribution < -0.4 is 14.8 Å². The predicted molar refractivity (Wildman–Crippen MR) is 126 cm³/mol. The van der Waals surface area contributed by atoms with Crippen molar-refractivity contribution >= 4 is 28.6 Å². The molecule has 33 heavy (non-hydrogen) atoms. The van der Waals surface area contributed by atoms with Gasteiger partial charge in [0.05, 0.1) is 24.8 Å². The number of rotatable bonds is 6. The van der Waals surface area contributed by atoms with Crippen molar-refractivity contribution in [1.82, 2.24) is 24.8 Å². The van der Waals surface area contributed by atoms with E-state index in [2.05, 4.69) is 32.2 Å². The number of aromatic amines is 1. The largest absolute Gasteiger partial charge is 0.495 e. The zero-order chi connectivity index (χ0) is 23.0. The van der Waals surface area contributed by atoms with E-state index in [1.165, 1.54) is 0 Å². The van der Waals surface area contributed by atoms with Gasteiger partial charge in [0.25, 0.3) is 5.91 Å². The highest BCUT2D eigenvalue weighted by molar-refractivity contribution is 5.95. The number of aromatic nitrogens is 3. The molecule has 1 spiro atoms. The van der Waals surface area contributed by atoms with Gasteiger partial charge in [0.2, 0.25) is 11.8 Å². The first-order valence-electron chi connectivity index (χ1n) is 11.4. The van der Waals surface area contributed by atoms with Gasteiger partial charge in [-0.3, -0.25) is 4.79 Å². The zero-order valence-corrected chi connectivity index (χ0v) is 19.4. The molecule has 2 aliphatic rings. The molecule has 1 aromatic carbocycles. The molecule has 9 nitrogen and oxygen atoms in total. The van der Waals surface area contributed by atoms with Crippen LogP contribution in [0, 0.1) is 5.41 Å². The molecule has 2 fully saturated rings. The fourth-order valence-corrected chi connectivity index (χ4v) is 5.05. The Balaban J connectivity index is 1.32. The number of likely N-dealkylation sites (tertiary alicyclic amines) is 2. The number of ether oxygens (including phenoxy) is 2. The van der Waals surface area contributed by atoms with Crippen LogP contribution in [0.15, 0.2) is 30.5 Å². The number of nitrogens with one attached hydrogen (secondary N) is 2. The Kier molecular flexibility index (Phi) is 5.57. The van der Waals surface area contributed by atoms with Crippen molar-refractivity contribution in [2.24, 2.45) is 5.41 Å². The topological polar surface area (TPSA) is 95.6 Å². The lowest BCUT2D eigenvalue weighted by molar-refractivity contribution is -0.0268. The Bertz CT molecular complexity index is 1160. The van der Waals surface area contributed by atoms with E-state index in [1.54, 1.807) is 19.4 Å². The Morgan fingerprint density at radius 2 is 2.00 bits per heavy atom. The molecule has 9 heteroatoms. The summed E-state index contributed by atoms with van der Waals surface area (Å²) in [5.74, 6) is 1.50. The molecular formula is C24H30N6O3. The third kappa shape index (κ3) is 4.08. The smallest absolute Gasteiger partial charge is 0.253 e. The van der Waals surface area contributed by atoms with E-state index in [0.717, 1.165) is 44.4 Å². The van der Waals surface area contributed by atoms with Crippen LogP contribution in [-0.2, 0) is 0 Å². The molecule has 2 aromatic heterocycles. The van der Waals surface area contributed by atoms with E-state index in [0.29, 0.717) is 46.5 Å². The molecule has 4 heterocycles. The number of fused-ring (bicyclic) bond motifs is 1. The van der Waals surface area contributed by atoms with Crippen molar-refractivity contribution in [1.29, 1.82) is 0 Å². The van der Waals surface area contributed by atoms with Crippen LogP contribution in [0.3, 0.4) is 0 Å². The number of anilines is 2. The summed E-state index contributed by atoms with van der Waals surface area (Å²) in [6.07, 6.45) is 3.94. The monoisotopic (exact) mass is 450 g/mol. The highest BCUT2D eigenvalue weighted by atomic mass is 16.5. The van der Waals surface area contributed by atoms with E-state index < -0.39 is 0 Å². The summed E-state index contributed by atoms with van der Waals surface area (Å²) >= 11 is 0. The van der Waals surface area contributed by atoms with E-state index in [4.69, 9.17) is 9.47 Å². The minimum Gasteiger partial charge on any atom is -0.495 e. The van der Waals surface area contributed by atoms with E-state index >= 15 is 0 Å². The van der Waals surface area contributed by atoms with Gasteiger partial charge in [0.1, 0.15) is 11.4 Å². The molecule has 2 saturated heterocycles. The first kappa shape index (κ1) is 21.5. The maximum atomic E-state index is 13.1. The van der Waals surface area contributed by atoms with Gasteiger partial charge in [0, 0.05) is 37.9 Å². The predicted octanol–water partition coefficient (Wildman–Crippen LogP) is 3.28. The Morgan fingerprint density at radius 3 is 2.70 bits per heavy atom. The van der Waals surface area contributed by atoms with Crippen molar-refractivity contribution in [2.75, 3.05) is 52.3 Å². The van der Waals surface area contributed by atoms with E-state index in [-0.39, 0.29) is 5.91 Å². The van der Waals surface area contributed by atoms with Crippen molar-refractivity contribution in [3.8, 4) is 11.6 Å². The molecule has 3 aromatic rings. The number of nitrogens with zero attached hydrogens (tertiary/aromatic N) is 4. The molecule has 0 unspecified atom stereocenters. The average molecular weight is 451 g/mol. The number of H-pyrrole nitrogens is 1. The number of methoxy groups -OCH3 is 1. The summed E-state index contributed by atoms with van der Waals surface area (Å²) in [5, 5.41) is 4.03. The number of carbonyl (C=O) groups is 1. The fraction of sp³-hybridized carbons (Fsp3) is 0.458. The number of piperidine rings is 1. The van der Waals surface area contributed by atoms with Gasteiger partial charge in [0.15, 0.2) is 0 Å². The van der Waals surface area contributed by atoms with Crippen LogP contribution in [0.1, 0.15) is 30.1 Å². The normalized spacial score (nSPS) is 17.7. The van der Waals surface area contributed by atoms with Gasteiger partial charge in [-0.1, -0.05) is 0 Å². The quantitative estimate of drug-likeness (QED) is 0.595. The van der Waals surface area contributed by atoms with Crippen LogP contribution >= 0.6 is 0 Å². The lowest BCUT2D eigenvalue weighted by atomic mass is 9.72. The molecule has 0 bridgehead atoms. The fourth-order valence-electron chi connectivity index (χ4n) is 5.05. The molecule has 1 amide bonds. The molecule has 5 rings (SSSR count). The second kappa shape index (κ2) is 8.55. The highest BCUT2D eigenvalue weighted by Crippen LogP contribution is 2.40. The van der Waals surface area contributed by atoms with Crippen LogP contribution in [0.25, 0.3) is 11.0 Å². The van der Waals surface area contributed by atoms with Crippen LogP contribution in [-0.4, -0.2) is 77.6 Å². The van der Waals surface area contributed by atoms with Crippen LogP contribution in [0.5, 0.6) is 11.6 Å². The molecule has 0 saturated carbocycles. The minimum atomic E-state index is 0.0464. The SMILES string of the molecule is CCOc1nc(Nc2ccc(C(=O)N3CCC4(CC3)CN(C)C4)cc2OC)nc2[nH]ccc12. The van der Waals surface area contributed by atoms with Crippen molar-refractivity contribution in [2.45, 2.75) is 19.8 Å². The van der Waals surface area contributed by atoms with Crippen molar-refractivity contribution in [3.05, 3.63) is 36.0 Å². The molecule has 174 valence electrons. The number of hydrogen-bond acceptors (Lipinski definition) is 7. The Hall–Kier alpha value is -3.33. The van der Waals surface area contributed by atoms with Crippen LogP contribution in [0.2, 0.25) is 0 Å². The lowest BCUT2D eigenvalue weighted by Crippen LogP contribution is -2.59. The van der Waals surface area contributed by atoms with E-state index in [1.807, 2.05) is 30.0 Å². The van der Waals surface area contributed by atoms with Crippen LogP contribution in [0.4, 0.5) is 11.6 Å². The first-order chi connectivity index (χ1) is 16.0. The Labute approximate surface area is 193 Å². The summed E-state index contributed by atoms with van der Waals surface area (Å²) in [5.41, 5.74) is 2.40.